The summed E-state index contributed by atoms with van der Waals surface area (Å²) in [6.07, 6.45) is 0. The zero-order chi connectivity index (χ0) is 17.8. The van der Waals surface area contributed by atoms with Gasteiger partial charge in [-0.1, -0.05) is 30.3 Å². The fourth-order valence-corrected chi connectivity index (χ4v) is 2.94. The zero-order valence-electron chi connectivity index (χ0n) is 13.0. The van der Waals surface area contributed by atoms with Gasteiger partial charge in [0, 0.05) is 9.26 Å². The number of anilines is 1. The quantitative estimate of drug-likeness (QED) is 0.577. The van der Waals surface area contributed by atoms with Crippen molar-refractivity contribution < 1.29 is 19.4 Å². The summed E-state index contributed by atoms with van der Waals surface area (Å²) in [5.74, 6) is -0.790. The molecular formula is C19H14INO4. The molecule has 0 heterocycles. The van der Waals surface area contributed by atoms with Crippen LogP contribution in [-0.4, -0.2) is 23.6 Å². The Labute approximate surface area is 157 Å². The molecule has 0 aromatic heterocycles. The van der Waals surface area contributed by atoms with Gasteiger partial charge in [0.2, 0.25) is 0 Å². The maximum absolute atomic E-state index is 12.0. The van der Waals surface area contributed by atoms with Crippen LogP contribution in [0.25, 0.3) is 10.8 Å². The lowest BCUT2D eigenvalue weighted by molar-refractivity contribution is -0.118. The van der Waals surface area contributed by atoms with Crippen molar-refractivity contribution in [2.75, 3.05) is 11.9 Å². The summed E-state index contributed by atoms with van der Waals surface area (Å²) >= 11 is 1.94. The highest BCUT2D eigenvalue weighted by atomic mass is 127. The first-order chi connectivity index (χ1) is 12.0. The number of halogens is 1. The van der Waals surface area contributed by atoms with Crippen LogP contribution in [-0.2, 0) is 4.79 Å². The summed E-state index contributed by atoms with van der Waals surface area (Å²) in [6.45, 7) is -0.160. The van der Waals surface area contributed by atoms with Crippen molar-refractivity contribution >= 4 is 50.9 Å². The SMILES string of the molecule is O=C(COc1ccc2ccccc2c1)Nc1ccc(I)c(C(=O)O)c1. The summed E-state index contributed by atoms with van der Waals surface area (Å²) in [7, 11) is 0. The van der Waals surface area contributed by atoms with E-state index in [1.807, 2.05) is 65.1 Å². The molecule has 1 amide bonds. The first-order valence-electron chi connectivity index (χ1n) is 7.47. The maximum Gasteiger partial charge on any atom is 0.336 e. The van der Waals surface area contributed by atoms with Gasteiger partial charge in [-0.2, -0.15) is 0 Å². The molecule has 126 valence electrons. The Kier molecular flexibility index (Phi) is 5.18. The van der Waals surface area contributed by atoms with Gasteiger partial charge in [-0.25, -0.2) is 4.79 Å². The van der Waals surface area contributed by atoms with Crippen LogP contribution in [0, 0.1) is 3.57 Å². The summed E-state index contributed by atoms with van der Waals surface area (Å²) < 4.78 is 6.13. The van der Waals surface area contributed by atoms with E-state index in [1.54, 1.807) is 12.1 Å². The number of ether oxygens (including phenoxy) is 1. The molecule has 0 aliphatic carbocycles. The lowest BCUT2D eigenvalue weighted by Gasteiger charge is -2.09. The van der Waals surface area contributed by atoms with E-state index in [2.05, 4.69) is 5.32 Å². The van der Waals surface area contributed by atoms with E-state index in [0.29, 0.717) is 15.0 Å². The van der Waals surface area contributed by atoms with Crippen molar-refractivity contribution in [3.63, 3.8) is 0 Å². The minimum absolute atomic E-state index is 0.147. The number of benzene rings is 3. The van der Waals surface area contributed by atoms with Crippen LogP contribution >= 0.6 is 22.6 Å². The highest BCUT2D eigenvalue weighted by molar-refractivity contribution is 14.1. The van der Waals surface area contributed by atoms with Crippen molar-refractivity contribution in [3.8, 4) is 5.75 Å². The minimum Gasteiger partial charge on any atom is -0.484 e. The molecule has 3 rings (SSSR count). The lowest BCUT2D eigenvalue weighted by Crippen LogP contribution is -2.20. The summed E-state index contributed by atoms with van der Waals surface area (Å²) in [5.41, 5.74) is 0.568. The maximum atomic E-state index is 12.0. The standard InChI is InChI=1S/C19H14INO4/c20-17-8-6-14(10-16(17)19(23)24)21-18(22)11-25-15-7-5-12-3-1-2-4-13(12)9-15/h1-10H,11H2,(H,21,22)(H,23,24). The molecule has 3 aromatic carbocycles. The molecule has 5 nitrogen and oxygen atoms in total. The number of amides is 1. The largest absolute Gasteiger partial charge is 0.484 e. The van der Waals surface area contributed by atoms with E-state index in [4.69, 9.17) is 9.84 Å². The van der Waals surface area contributed by atoms with Crippen LogP contribution in [0.4, 0.5) is 5.69 Å². The number of carbonyl (C=O) groups excluding carboxylic acids is 1. The number of rotatable bonds is 5. The number of nitrogens with one attached hydrogen (secondary N) is 1. The lowest BCUT2D eigenvalue weighted by atomic mass is 10.1. The monoisotopic (exact) mass is 447 g/mol. The molecule has 0 saturated carbocycles. The van der Waals surface area contributed by atoms with E-state index in [-0.39, 0.29) is 18.1 Å². The van der Waals surface area contributed by atoms with Crippen LogP contribution in [0.1, 0.15) is 10.4 Å². The van der Waals surface area contributed by atoms with Crippen molar-refractivity contribution in [2.45, 2.75) is 0 Å². The molecule has 6 heteroatoms. The third-order valence-corrected chi connectivity index (χ3v) is 4.51. The molecule has 0 unspecified atom stereocenters. The van der Waals surface area contributed by atoms with Crippen LogP contribution in [0.2, 0.25) is 0 Å². The van der Waals surface area contributed by atoms with E-state index in [0.717, 1.165) is 10.8 Å². The molecule has 0 aliphatic heterocycles. The number of hydrogen-bond acceptors (Lipinski definition) is 3. The highest BCUT2D eigenvalue weighted by Gasteiger charge is 2.11. The van der Waals surface area contributed by atoms with Gasteiger partial charge in [-0.15, -0.1) is 0 Å². The van der Waals surface area contributed by atoms with Crippen molar-refractivity contribution in [2.24, 2.45) is 0 Å². The number of carbonyl (C=O) groups is 2. The molecule has 0 saturated heterocycles. The van der Waals surface area contributed by atoms with Crippen molar-refractivity contribution in [3.05, 3.63) is 69.8 Å². The van der Waals surface area contributed by atoms with Gasteiger partial charge in [0.05, 0.1) is 5.56 Å². The van der Waals surface area contributed by atoms with Crippen LogP contribution in [0.5, 0.6) is 5.75 Å². The Morgan fingerprint density at radius 2 is 1.76 bits per heavy atom. The second-order valence-corrected chi connectivity index (χ2v) is 6.51. The number of hydrogen-bond donors (Lipinski definition) is 2. The summed E-state index contributed by atoms with van der Waals surface area (Å²) in [6, 6.07) is 18.2. The number of carboxylic acid groups (broad SMARTS) is 1. The number of carboxylic acids is 1. The Bertz CT molecular complexity index is 955. The second-order valence-electron chi connectivity index (χ2n) is 5.35. The molecule has 0 radical (unpaired) electrons. The first-order valence-corrected chi connectivity index (χ1v) is 8.55. The molecule has 0 aliphatic rings. The van der Waals surface area contributed by atoms with E-state index in [9.17, 15) is 9.59 Å². The average molecular weight is 447 g/mol. The fraction of sp³-hybridized carbons (Fsp3) is 0.0526. The predicted molar refractivity (Wildman–Crippen MR) is 104 cm³/mol. The smallest absolute Gasteiger partial charge is 0.336 e. The molecule has 2 N–H and O–H groups in total. The van der Waals surface area contributed by atoms with Crippen molar-refractivity contribution in [1.82, 2.24) is 0 Å². The summed E-state index contributed by atoms with van der Waals surface area (Å²) in [5, 5.41) is 13.9. The Morgan fingerprint density at radius 1 is 1.00 bits per heavy atom. The molecule has 3 aromatic rings. The van der Waals surface area contributed by atoms with Gasteiger partial charge in [0.25, 0.3) is 5.91 Å². The van der Waals surface area contributed by atoms with E-state index < -0.39 is 5.97 Å². The topological polar surface area (TPSA) is 75.6 Å². The van der Waals surface area contributed by atoms with Gasteiger partial charge in [-0.3, -0.25) is 4.79 Å². The van der Waals surface area contributed by atoms with Crippen LogP contribution in [0.15, 0.2) is 60.7 Å². The van der Waals surface area contributed by atoms with E-state index >= 15 is 0 Å². The minimum atomic E-state index is -1.03. The first kappa shape index (κ1) is 17.2. The predicted octanol–water partition coefficient (Wildman–Crippen LogP) is 4.16. The number of aromatic carboxylic acids is 1. The van der Waals surface area contributed by atoms with Gasteiger partial charge < -0.3 is 15.2 Å². The van der Waals surface area contributed by atoms with E-state index in [1.165, 1.54) is 6.07 Å². The average Bonchev–Trinajstić information content (AvgIpc) is 2.61. The molecule has 0 bridgehead atoms. The fourth-order valence-electron chi connectivity index (χ4n) is 2.37. The van der Waals surface area contributed by atoms with Gasteiger partial charge >= 0.3 is 5.97 Å². The van der Waals surface area contributed by atoms with Gasteiger partial charge in [0.1, 0.15) is 5.75 Å². The summed E-state index contributed by atoms with van der Waals surface area (Å²) in [4.78, 5) is 23.2. The Balaban J connectivity index is 1.64. The highest BCUT2D eigenvalue weighted by Crippen LogP contribution is 2.21. The molecule has 0 fully saturated rings. The van der Waals surface area contributed by atoms with Gasteiger partial charge in [-0.05, 0) is 63.7 Å². The van der Waals surface area contributed by atoms with Crippen LogP contribution < -0.4 is 10.1 Å². The van der Waals surface area contributed by atoms with Crippen molar-refractivity contribution in [1.29, 1.82) is 0 Å². The Hall–Kier alpha value is -2.61. The number of fused-ring (bicyclic) bond motifs is 1. The molecular weight excluding hydrogens is 433 g/mol. The van der Waals surface area contributed by atoms with Gasteiger partial charge in [0.15, 0.2) is 6.61 Å². The van der Waals surface area contributed by atoms with Crippen LogP contribution in [0.3, 0.4) is 0 Å². The third kappa shape index (κ3) is 4.27. The Morgan fingerprint density at radius 3 is 2.52 bits per heavy atom. The third-order valence-electron chi connectivity index (χ3n) is 3.57. The normalized spacial score (nSPS) is 10.4. The molecule has 25 heavy (non-hydrogen) atoms. The molecule has 0 spiro atoms. The second kappa shape index (κ2) is 7.52. The zero-order valence-corrected chi connectivity index (χ0v) is 15.2. The molecule has 0 atom stereocenters.